The van der Waals surface area contributed by atoms with Crippen LogP contribution in [-0.4, -0.2) is 14.9 Å². The molecule has 0 spiro atoms. The highest BCUT2D eigenvalue weighted by Crippen LogP contribution is 2.18. The number of rotatable bonds is 0. The number of nitrogens with zero attached hydrogens (tertiary/aromatic N) is 1. The van der Waals surface area contributed by atoms with Crippen LogP contribution >= 0.6 is 7.82 Å². The highest BCUT2D eigenvalue weighted by Gasteiger charge is 1.82. The molecule has 0 aliphatic heterocycles. The lowest BCUT2D eigenvalue weighted by Gasteiger charge is -2.01. The van der Waals surface area contributed by atoms with Gasteiger partial charge in [0.15, 0.2) is 0 Å². The van der Waals surface area contributed by atoms with Crippen molar-refractivity contribution in [3.05, 3.63) is 15.3 Å². The van der Waals surface area contributed by atoms with Crippen LogP contribution in [0.1, 0.15) is 0 Å². The molecule has 0 atom stereocenters. The Morgan fingerprint density at radius 3 is 1.18 bits per heavy atom. The Kier molecular flexibility index (Phi) is 18.8. The first-order valence-corrected chi connectivity index (χ1v) is 2.84. The molecule has 0 rings (SSSR count). The van der Waals surface area contributed by atoms with E-state index in [2.05, 4.69) is 0 Å². The lowest BCUT2D eigenvalue weighted by molar-refractivity contribution is -0.402. The molecule has 0 aromatic heterocycles. The number of hydrogen-bond acceptors (Lipinski definition) is 5. The van der Waals surface area contributed by atoms with E-state index in [-0.39, 0.29) is 12.3 Å². The molecular weight excluding hydrogens is 185 g/mol. The summed E-state index contributed by atoms with van der Waals surface area (Å²) in [5.74, 6) is 0. The van der Waals surface area contributed by atoms with Crippen LogP contribution < -0.4 is 17.2 Å². The zero-order chi connectivity index (χ0) is 8.08. The molecule has 0 aromatic carbocycles. The minimum Gasteiger partial charge on any atom is -0.756 e. The van der Waals surface area contributed by atoms with Gasteiger partial charge in [-0.1, -0.05) is 0 Å². The Hall–Kier alpha value is -0.770. The maximum atomic E-state index is 8.77. The van der Waals surface area contributed by atoms with Gasteiger partial charge in [-0.15, -0.1) is 0 Å². The molecule has 10 nitrogen and oxygen atoms in total. The lowest BCUT2D eigenvalue weighted by atomic mass is 13.1. The molecular formula is H10N3O7P. The topological polar surface area (TPSA) is 220 Å². The molecule has 72 valence electrons. The van der Waals surface area contributed by atoms with Crippen LogP contribution in [0.2, 0.25) is 0 Å². The van der Waals surface area contributed by atoms with Crippen molar-refractivity contribution >= 4 is 7.82 Å². The van der Waals surface area contributed by atoms with Gasteiger partial charge < -0.3 is 42.3 Å². The Bertz CT molecular complexity index is 113. The van der Waals surface area contributed by atoms with E-state index in [1.165, 1.54) is 0 Å². The van der Waals surface area contributed by atoms with E-state index in [4.69, 9.17) is 34.6 Å². The first kappa shape index (κ1) is 22.5. The first-order chi connectivity index (χ1) is 3.73. The molecule has 0 bridgehead atoms. The molecule has 0 heterocycles. The van der Waals surface area contributed by atoms with Crippen molar-refractivity contribution in [1.82, 2.24) is 12.3 Å². The van der Waals surface area contributed by atoms with Crippen molar-refractivity contribution in [1.29, 1.82) is 0 Å². The van der Waals surface area contributed by atoms with Crippen LogP contribution in [0.4, 0.5) is 0 Å². The van der Waals surface area contributed by atoms with Crippen LogP contribution in [-0.2, 0) is 4.57 Å². The van der Waals surface area contributed by atoms with E-state index < -0.39 is 12.9 Å². The van der Waals surface area contributed by atoms with Gasteiger partial charge in [0.1, 0.15) is 0 Å². The van der Waals surface area contributed by atoms with Gasteiger partial charge in [0, 0.05) is 0 Å². The summed E-state index contributed by atoms with van der Waals surface area (Å²) in [5.41, 5.74) is 0. The van der Waals surface area contributed by atoms with Crippen molar-refractivity contribution in [2.45, 2.75) is 0 Å². The molecule has 10 N–H and O–H groups in total. The average molecular weight is 195 g/mol. The maximum Gasteiger partial charge on any atom is 0.262 e. The van der Waals surface area contributed by atoms with Gasteiger partial charge in [0.05, 0.1) is 5.09 Å². The molecule has 0 saturated carbocycles. The third-order valence-corrected chi connectivity index (χ3v) is 0. The van der Waals surface area contributed by atoms with E-state index in [1.54, 1.807) is 0 Å². The van der Waals surface area contributed by atoms with E-state index in [0.29, 0.717) is 0 Å². The van der Waals surface area contributed by atoms with Crippen molar-refractivity contribution < 1.29 is 24.3 Å². The molecule has 0 aliphatic rings. The molecule has 0 aliphatic carbocycles. The Morgan fingerprint density at radius 2 is 1.18 bits per heavy atom. The summed E-state index contributed by atoms with van der Waals surface area (Å²) in [7, 11) is -4.89. The molecule has 0 radical (unpaired) electrons. The van der Waals surface area contributed by atoms with Gasteiger partial charge in [-0.3, -0.25) is 4.57 Å². The van der Waals surface area contributed by atoms with Crippen LogP contribution in [0.25, 0.3) is 0 Å². The van der Waals surface area contributed by atoms with Crippen molar-refractivity contribution in [3.63, 3.8) is 0 Å². The summed E-state index contributed by atoms with van der Waals surface area (Å²) in [6, 6.07) is 0. The van der Waals surface area contributed by atoms with Crippen LogP contribution in [0.15, 0.2) is 0 Å². The highest BCUT2D eigenvalue weighted by atomic mass is 31.2. The zero-order valence-electron chi connectivity index (χ0n) is 5.83. The van der Waals surface area contributed by atoms with Gasteiger partial charge in [-0.25, -0.2) is 0 Å². The normalized spacial score (nSPS) is 7.55. The second-order valence-electron chi connectivity index (χ2n) is 0.714. The summed E-state index contributed by atoms with van der Waals surface area (Å²) in [5, 5.41) is 14.8. The molecule has 11 heavy (non-hydrogen) atoms. The standard InChI is InChI=1S/NO3.2H3N.H3O4P/c2-1(3)4;;;1-5(2,3)4/h;2*1H3;(H3,1,2,3,4)/q-1;;;/p+1. The number of hydrogen-bond donors (Lipinski definition) is 4. The predicted octanol–water partition coefficient (Wildman–Crippen LogP) is -1.05. The van der Waals surface area contributed by atoms with Crippen molar-refractivity contribution in [2.24, 2.45) is 0 Å². The minimum atomic E-state index is -4.89. The molecule has 0 aromatic rings. The van der Waals surface area contributed by atoms with Gasteiger partial charge in [0.2, 0.25) is 0 Å². The summed E-state index contributed by atoms with van der Waals surface area (Å²) in [6.45, 7) is 0. The SMILES string of the molecule is O=P([O-])(O)O.O=[N+]([O-])[O-].[NH4+].[NH4+]. The van der Waals surface area contributed by atoms with E-state index >= 15 is 0 Å². The summed E-state index contributed by atoms with van der Waals surface area (Å²) < 4.78 is 8.77. The molecule has 0 fully saturated rings. The smallest absolute Gasteiger partial charge is 0.262 e. The van der Waals surface area contributed by atoms with Crippen LogP contribution in [0.5, 0.6) is 0 Å². The average Bonchev–Trinajstić information content (AvgIpc) is 1.19. The first-order valence-electron chi connectivity index (χ1n) is 1.31. The summed E-state index contributed by atoms with van der Waals surface area (Å²) >= 11 is 0. The van der Waals surface area contributed by atoms with E-state index in [9.17, 15) is 0 Å². The molecule has 0 saturated heterocycles. The van der Waals surface area contributed by atoms with E-state index in [1.807, 2.05) is 0 Å². The third-order valence-electron chi connectivity index (χ3n) is 0. The van der Waals surface area contributed by atoms with Crippen LogP contribution in [0.3, 0.4) is 0 Å². The summed E-state index contributed by atoms with van der Waals surface area (Å²) in [4.78, 5) is 31.2. The zero-order valence-corrected chi connectivity index (χ0v) is 6.72. The Morgan fingerprint density at radius 1 is 1.18 bits per heavy atom. The van der Waals surface area contributed by atoms with E-state index in [0.717, 1.165) is 0 Å². The van der Waals surface area contributed by atoms with Crippen molar-refractivity contribution in [2.75, 3.05) is 0 Å². The largest absolute Gasteiger partial charge is 0.756 e. The van der Waals surface area contributed by atoms with Gasteiger partial charge in [0.25, 0.3) is 7.82 Å². The molecule has 0 amide bonds. The minimum absolute atomic E-state index is 0. The Labute approximate surface area is 61.0 Å². The second kappa shape index (κ2) is 9.23. The third kappa shape index (κ3) is 814. The van der Waals surface area contributed by atoms with Gasteiger partial charge >= 0.3 is 0 Å². The monoisotopic (exact) mass is 195 g/mol. The lowest BCUT2D eigenvalue weighted by Crippen LogP contribution is -1.94. The van der Waals surface area contributed by atoms with Crippen LogP contribution in [0, 0.1) is 15.3 Å². The van der Waals surface area contributed by atoms with Gasteiger partial charge in [-0.2, -0.15) is 0 Å². The highest BCUT2D eigenvalue weighted by molar-refractivity contribution is 7.43. The van der Waals surface area contributed by atoms with Gasteiger partial charge in [-0.05, 0) is 0 Å². The second-order valence-corrected chi connectivity index (χ2v) is 1.70. The fourth-order valence-electron chi connectivity index (χ4n) is 0. The van der Waals surface area contributed by atoms with Crippen molar-refractivity contribution in [3.8, 4) is 0 Å². The quantitative estimate of drug-likeness (QED) is 0.213. The predicted molar refractivity (Wildman–Crippen MR) is 34.4 cm³/mol. The maximum absolute atomic E-state index is 8.77. The number of quaternary nitrogens is 2. The Balaban J connectivity index is -0.0000000383. The number of phosphoric acid groups is 1. The molecule has 11 heteroatoms. The fraction of sp³-hybridized carbons (Fsp3) is 0. The molecule has 0 unspecified atom stereocenters. The fourth-order valence-corrected chi connectivity index (χ4v) is 0. The summed E-state index contributed by atoms with van der Waals surface area (Å²) in [6.07, 6.45) is 0.